The van der Waals surface area contributed by atoms with E-state index in [1.165, 1.54) is 25.6 Å². The van der Waals surface area contributed by atoms with Crippen molar-refractivity contribution in [1.82, 2.24) is 10.3 Å². The second kappa shape index (κ2) is 8.39. The Morgan fingerprint density at radius 3 is 2.32 bits per heavy atom. The highest BCUT2D eigenvalue weighted by Crippen LogP contribution is 2.12. The molecule has 1 aromatic carbocycles. The van der Waals surface area contributed by atoms with Gasteiger partial charge in [-0.2, -0.15) is 0 Å². The van der Waals surface area contributed by atoms with Crippen molar-refractivity contribution in [3.05, 3.63) is 72.1 Å². The van der Waals surface area contributed by atoms with Gasteiger partial charge in [-0.25, -0.2) is 4.79 Å². The van der Waals surface area contributed by atoms with E-state index in [1.807, 2.05) is 0 Å². The molecule has 1 aromatic heterocycles. The van der Waals surface area contributed by atoms with E-state index in [0.29, 0.717) is 17.8 Å². The molecule has 0 fully saturated rings. The lowest BCUT2D eigenvalue weighted by Gasteiger charge is -2.07. The second-order valence-corrected chi connectivity index (χ2v) is 4.98. The summed E-state index contributed by atoms with van der Waals surface area (Å²) in [6.07, 6.45) is 4.29. The van der Waals surface area contributed by atoms with E-state index in [2.05, 4.69) is 26.9 Å². The lowest BCUT2D eigenvalue weighted by Crippen LogP contribution is -2.24. The summed E-state index contributed by atoms with van der Waals surface area (Å²) in [7, 11) is 1.29. The van der Waals surface area contributed by atoms with Crippen LogP contribution in [0.2, 0.25) is 0 Å². The molecule has 0 bridgehead atoms. The highest BCUT2D eigenvalue weighted by molar-refractivity contribution is 6.06. The Bertz CT molecular complexity index is 800. The summed E-state index contributed by atoms with van der Waals surface area (Å²) in [5, 5.41) is 5.29. The molecule has 0 saturated heterocycles. The quantitative estimate of drug-likeness (QED) is 0.620. The lowest BCUT2D eigenvalue weighted by atomic mass is 10.1. The molecule has 2 rings (SSSR count). The molecule has 0 atom stereocenters. The molecular weight excluding hydrogens is 322 g/mol. The van der Waals surface area contributed by atoms with Crippen molar-refractivity contribution < 1.29 is 19.1 Å². The number of nitrogens with one attached hydrogen (secondary N) is 2. The van der Waals surface area contributed by atoms with E-state index in [-0.39, 0.29) is 17.0 Å². The standard InChI is InChI=1S/C18H17N3O4/c1-3-8-20-16(22)13-9-14(11-19-10-13)17(23)21-15-6-4-12(5-7-15)18(24)25-2/h3-7,9-11H,1,8H2,2H3,(H,20,22)(H,21,23). The Morgan fingerprint density at radius 1 is 1.08 bits per heavy atom. The minimum atomic E-state index is -0.458. The molecule has 2 amide bonds. The Morgan fingerprint density at radius 2 is 1.72 bits per heavy atom. The summed E-state index contributed by atoms with van der Waals surface area (Å²) < 4.78 is 4.61. The first-order chi connectivity index (χ1) is 12.0. The van der Waals surface area contributed by atoms with Gasteiger partial charge in [0, 0.05) is 24.6 Å². The van der Waals surface area contributed by atoms with Crippen LogP contribution in [0, 0.1) is 0 Å². The van der Waals surface area contributed by atoms with Crippen LogP contribution < -0.4 is 10.6 Å². The van der Waals surface area contributed by atoms with Crippen molar-refractivity contribution in [2.75, 3.05) is 19.0 Å². The zero-order valence-electron chi connectivity index (χ0n) is 13.6. The van der Waals surface area contributed by atoms with Gasteiger partial charge in [-0.15, -0.1) is 6.58 Å². The lowest BCUT2D eigenvalue weighted by molar-refractivity contribution is 0.0600. The zero-order valence-corrected chi connectivity index (χ0v) is 13.6. The van der Waals surface area contributed by atoms with Gasteiger partial charge in [0.15, 0.2) is 0 Å². The number of rotatable bonds is 6. The summed E-state index contributed by atoms with van der Waals surface area (Å²) in [5.74, 6) is -1.22. The molecule has 0 aliphatic rings. The van der Waals surface area contributed by atoms with E-state index in [9.17, 15) is 14.4 Å². The number of hydrogen-bond donors (Lipinski definition) is 2. The topological polar surface area (TPSA) is 97.4 Å². The largest absolute Gasteiger partial charge is 0.465 e. The minimum Gasteiger partial charge on any atom is -0.465 e. The van der Waals surface area contributed by atoms with E-state index in [1.54, 1.807) is 30.3 Å². The number of carbonyl (C=O) groups excluding carboxylic acids is 3. The van der Waals surface area contributed by atoms with Crippen LogP contribution in [-0.2, 0) is 4.74 Å². The number of hydrogen-bond acceptors (Lipinski definition) is 5. The van der Waals surface area contributed by atoms with Gasteiger partial charge in [0.05, 0.1) is 23.8 Å². The van der Waals surface area contributed by atoms with Crippen LogP contribution in [-0.4, -0.2) is 36.4 Å². The first kappa shape index (κ1) is 17.9. The first-order valence-corrected chi connectivity index (χ1v) is 7.39. The fourth-order valence-electron chi connectivity index (χ4n) is 1.97. The number of esters is 1. The van der Waals surface area contributed by atoms with Gasteiger partial charge >= 0.3 is 5.97 Å². The number of aromatic nitrogens is 1. The molecule has 0 radical (unpaired) electrons. The van der Waals surface area contributed by atoms with Gasteiger partial charge in [-0.3, -0.25) is 14.6 Å². The average Bonchev–Trinajstić information content (AvgIpc) is 2.66. The van der Waals surface area contributed by atoms with Crippen molar-refractivity contribution in [1.29, 1.82) is 0 Å². The van der Waals surface area contributed by atoms with Crippen LogP contribution in [0.15, 0.2) is 55.4 Å². The molecule has 0 spiro atoms. The molecule has 128 valence electrons. The Labute approximate surface area is 144 Å². The predicted octanol–water partition coefficient (Wildman–Crippen LogP) is 2.04. The summed E-state index contributed by atoms with van der Waals surface area (Å²) in [6, 6.07) is 7.69. The molecule has 2 N–H and O–H groups in total. The minimum absolute atomic E-state index is 0.239. The van der Waals surface area contributed by atoms with Crippen LogP contribution in [0.25, 0.3) is 0 Å². The smallest absolute Gasteiger partial charge is 0.337 e. The third kappa shape index (κ3) is 4.74. The number of methoxy groups -OCH3 is 1. The number of nitrogens with zero attached hydrogens (tertiary/aromatic N) is 1. The van der Waals surface area contributed by atoms with E-state index >= 15 is 0 Å². The van der Waals surface area contributed by atoms with Gasteiger partial charge in [0.25, 0.3) is 11.8 Å². The monoisotopic (exact) mass is 339 g/mol. The number of ether oxygens (including phenoxy) is 1. The van der Waals surface area contributed by atoms with Gasteiger partial charge in [0.2, 0.25) is 0 Å². The summed E-state index contributed by atoms with van der Waals surface area (Å²) in [4.78, 5) is 39.5. The number of pyridine rings is 1. The van der Waals surface area contributed by atoms with Gasteiger partial charge in [-0.1, -0.05) is 6.08 Å². The fourth-order valence-corrected chi connectivity index (χ4v) is 1.97. The second-order valence-electron chi connectivity index (χ2n) is 4.98. The highest BCUT2D eigenvalue weighted by atomic mass is 16.5. The molecule has 7 nitrogen and oxygen atoms in total. The van der Waals surface area contributed by atoms with Crippen LogP contribution in [0.5, 0.6) is 0 Å². The number of benzene rings is 1. The Hall–Kier alpha value is -3.48. The maximum atomic E-state index is 12.3. The summed E-state index contributed by atoms with van der Waals surface area (Å²) >= 11 is 0. The molecule has 0 aliphatic heterocycles. The number of carbonyl (C=O) groups is 3. The maximum Gasteiger partial charge on any atom is 0.337 e. The Kier molecular flexibility index (Phi) is 6.00. The molecule has 2 aromatic rings. The Balaban J connectivity index is 2.09. The molecule has 0 saturated carbocycles. The van der Waals surface area contributed by atoms with E-state index < -0.39 is 11.9 Å². The van der Waals surface area contributed by atoms with Crippen molar-refractivity contribution in [3.8, 4) is 0 Å². The fraction of sp³-hybridized carbons (Fsp3) is 0.111. The molecular formula is C18H17N3O4. The number of anilines is 1. The SMILES string of the molecule is C=CCNC(=O)c1cncc(C(=O)Nc2ccc(C(=O)OC)cc2)c1. The molecule has 25 heavy (non-hydrogen) atoms. The van der Waals surface area contributed by atoms with Crippen molar-refractivity contribution >= 4 is 23.5 Å². The highest BCUT2D eigenvalue weighted by Gasteiger charge is 2.12. The molecule has 0 unspecified atom stereocenters. The van der Waals surface area contributed by atoms with Crippen molar-refractivity contribution in [3.63, 3.8) is 0 Å². The van der Waals surface area contributed by atoms with Crippen molar-refractivity contribution in [2.24, 2.45) is 0 Å². The molecule has 0 aliphatic carbocycles. The average molecular weight is 339 g/mol. The van der Waals surface area contributed by atoms with Gasteiger partial charge < -0.3 is 15.4 Å². The normalized spacial score (nSPS) is 9.80. The first-order valence-electron chi connectivity index (χ1n) is 7.39. The maximum absolute atomic E-state index is 12.3. The van der Waals surface area contributed by atoms with Crippen molar-refractivity contribution in [2.45, 2.75) is 0 Å². The third-order valence-electron chi connectivity index (χ3n) is 3.23. The van der Waals surface area contributed by atoms with Crippen LogP contribution in [0.4, 0.5) is 5.69 Å². The van der Waals surface area contributed by atoms with Crippen LogP contribution in [0.3, 0.4) is 0 Å². The van der Waals surface area contributed by atoms with E-state index in [4.69, 9.17) is 0 Å². The molecule has 7 heteroatoms. The van der Waals surface area contributed by atoms with Crippen LogP contribution in [0.1, 0.15) is 31.1 Å². The predicted molar refractivity (Wildman–Crippen MR) is 92.5 cm³/mol. The summed E-state index contributed by atoms with van der Waals surface area (Å²) in [6.45, 7) is 3.84. The van der Waals surface area contributed by atoms with E-state index in [0.717, 1.165) is 0 Å². The molecule has 1 heterocycles. The zero-order chi connectivity index (χ0) is 18.2. The van der Waals surface area contributed by atoms with Crippen LogP contribution >= 0.6 is 0 Å². The number of amides is 2. The third-order valence-corrected chi connectivity index (χ3v) is 3.23. The van der Waals surface area contributed by atoms with Gasteiger partial charge in [0.1, 0.15) is 0 Å². The summed E-state index contributed by atoms with van der Waals surface area (Å²) in [5.41, 5.74) is 1.39. The van der Waals surface area contributed by atoms with Gasteiger partial charge in [-0.05, 0) is 30.3 Å².